The molecule has 1 aliphatic heterocycles. The van der Waals surface area contributed by atoms with Crippen LogP contribution in [0.15, 0.2) is 82.5 Å². The van der Waals surface area contributed by atoms with E-state index in [0.29, 0.717) is 16.3 Å². The van der Waals surface area contributed by atoms with Gasteiger partial charge in [-0.05, 0) is 60.9 Å². The van der Waals surface area contributed by atoms with Crippen LogP contribution in [0.5, 0.6) is 0 Å². The van der Waals surface area contributed by atoms with Gasteiger partial charge in [0.2, 0.25) is 5.78 Å². The summed E-state index contributed by atoms with van der Waals surface area (Å²) in [5.41, 5.74) is 5.06. The second-order valence-corrected chi connectivity index (χ2v) is 10.7. The predicted octanol–water partition coefficient (Wildman–Crippen LogP) is 6.51. The van der Waals surface area contributed by atoms with E-state index in [1.54, 1.807) is 12.1 Å². The van der Waals surface area contributed by atoms with Gasteiger partial charge in [0.25, 0.3) is 5.91 Å². The second kappa shape index (κ2) is 8.85. The fraction of sp³-hybridized carbons (Fsp3) is 0.167. The van der Waals surface area contributed by atoms with Crippen LogP contribution >= 0.6 is 11.3 Å². The van der Waals surface area contributed by atoms with Crippen LogP contribution in [-0.2, 0) is 4.79 Å². The van der Waals surface area contributed by atoms with Crippen molar-refractivity contribution in [1.29, 1.82) is 0 Å². The first kappa shape index (κ1) is 23.9. The van der Waals surface area contributed by atoms with Gasteiger partial charge in [-0.15, -0.1) is 0 Å². The average Bonchev–Trinajstić information content (AvgIpc) is 3.58. The molecule has 6 rings (SSSR count). The van der Waals surface area contributed by atoms with E-state index in [4.69, 9.17) is 9.40 Å². The average molecular weight is 524 g/mol. The van der Waals surface area contributed by atoms with Crippen LogP contribution in [0.25, 0.3) is 21.2 Å². The SMILES string of the molecule is Cc1cc(C)c2nc(N3C(=O)C(O)=C(C(=O)c4cc5ccccc5o4)[C@H]3c3ccc(N(C)C)cc3)sc2c1. The molecule has 1 aliphatic rings. The molecule has 7 nitrogen and oxygen atoms in total. The summed E-state index contributed by atoms with van der Waals surface area (Å²) in [5, 5.41) is 12.3. The molecule has 1 atom stereocenters. The van der Waals surface area contributed by atoms with Gasteiger partial charge in [-0.1, -0.05) is 47.7 Å². The van der Waals surface area contributed by atoms with Crippen LogP contribution in [0.3, 0.4) is 0 Å². The molecule has 190 valence electrons. The monoisotopic (exact) mass is 523 g/mol. The van der Waals surface area contributed by atoms with Crippen molar-refractivity contribution in [3.8, 4) is 0 Å². The first-order chi connectivity index (χ1) is 18.2. The van der Waals surface area contributed by atoms with E-state index in [9.17, 15) is 14.7 Å². The number of anilines is 2. The van der Waals surface area contributed by atoms with Gasteiger partial charge in [-0.3, -0.25) is 14.5 Å². The fourth-order valence-electron chi connectivity index (χ4n) is 4.99. The molecule has 0 bridgehead atoms. The number of ketones is 1. The molecule has 0 radical (unpaired) electrons. The topological polar surface area (TPSA) is 86.9 Å². The summed E-state index contributed by atoms with van der Waals surface area (Å²) < 4.78 is 6.77. The molecule has 1 N–H and O–H groups in total. The van der Waals surface area contributed by atoms with Gasteiger partial charge in [0.1, 0.15) is 5.58 Å². The Kier molecular flexibility index (Phi) is 5.57. The van der Waals surface area contributed by atoms with E-state index < -0.39 is 23.5 Å². The number of aliphatic hydroxyl groups is 1. The minimum Gasteiger partial charge on any atom is -0.503 e. The number of hydrogen-bond acceptors (Lipinski definition) is 7. The molecule has 3 heterocycles. The Hall–Kier alpha value is -4.43. The number of aryl methyl sites for hydroxylation is 2. The Bertz CT molecular complexity index is 1750. The van der Waals surface area contributed by atoms with Gasteiger partial charge in [0.15, 0.2) is 16.7 Å². The summed E-state index contributed by atoms with van der Waals surface area (Å²) >= 11 is 1.36. The summed E-state index contributed by atoms with van der Waals surface area (Å²) in [6.07, 6.45) is 0. The lowest BCUT2D eigenvalue weighted by Crippen LogP contribution is -2.31. The molecule has 0 fully saturated rings. The van der Waals surface area contributed by atoms with E-state index in [2.05, 4.69) is 0 Å². The molecule has 1 amide bonds. The first-order valence-corrected chi connectivity index (χ1v) is 13.0. The van der Waals surface area contributed by atoms with E-state index >= 15 is 0 Å². The van der Waals surface area contributed by atoms with Crippen LogP contribution in [-0.4, -0.2) is 35.9 Å². The molecule has 0 saturated carbocycles. The van der Waals surface area contributed by atoms with Crippen LogP contribution in [0.2, 0.25) is 0 Å². The van der Waals surface area contributed by atoms with Gasteiger partial charge in [0, 0.05) is 25.2 Å². The summed E-state index contributed by atoms with van der Waals surface area (Å²) in [5.74, 6) is -1.73. The lowest BCUT2D eigenvalue weighted by Gasteiger charge is -2.25. The van der Waals surface area contributed by atoms with Gasteiger partial charge in [-0.25, -0.2) is 4.98 Å². The molecule has 2 aromatic heterocycles. The van der Waals surface area contributed by atoms with Crippen LogP contribution in [0, 0.1) is 13.8 Å². The van der Waals surface area contributed by atoms with Crippen LogP contribution in [0.4, 0.5) is 10.8 Å². The Morgan fingerprint density at radius 2 is 1.79 bits per heavy atom. The van der Waals surface area contributed by atoms with Crippen molar-refractivity contribution in [2.45, 2.75) is 19.9 Å². The minimum atomic E-state index is -0.874. The van der Waals surface area contributed by atoms with Crippen LogP contribution < -0.4 is 9.80 Å². The summed E-state index contributed by atoms with van der Waals surface area (Å²) in [6, 6.07) is 19.7. The van der Waals surface area contributed by atoms with E-state index in [1.165, 1.54) is 16.2 Å². The number of furan rings is 1. The number of Topliss-reactive ketones (excluding diaryl/α,β-unsaturated/α-hetero) is 1. The number of carbonyl (C=O) groups excluding carboxylic acids is 2. The minimum absolute atomic E-state index is 0.0289. The summed E-state index contributed by atoms with van der Waals surface area (Å²) in [7, 11) is 3.88. The number of rotatable bonds is 5. The number of para-hydroxylation sites is 1. The van der Waals surface area contributed by atoms with Crippen molar-refractivity contribution >= 4 is 55.0 Å². The zero-order valence-electron chi connectivity index (χ0n) is 21.4. The number of nitrogens with zero attached hydrogens (tertiary/aromatic N) is 3. The Labute approximate surface area is 223 Å². The largest absolute Gasteiger partial charge is 0.503 e. The molecule has 38 heavy (non-hydrogen) atoms. The third kappa shape index (κ3) is 3.76. The third-order valence-corrected chi connectivity index (χ3v) is 7.85. The van der Waals surface area contributed by atoms with Gasteiger partial charge < -0.3 is 14.4 Å². The Morgan fingerprint density at radius 1 is 1.05 bits per heavy atom. The number of thiazole rings is 1. The zero-order valence-corrected chi connectivity index (χ0v) is 22.2. The summed E-state index contributed by atoms with van der Waals surface area (Å²) in [6.45, 7) is 3.99. The van der Waals surface area contributed by atoms with Gasteiger partial charge >= 0.3 is 0 Å². The highest BCUT2D eigenvalue weighted by Gasteiger charge is 2.46. The molecule has 5 aromatic rings. The van der Waals surface area contributed by atoms with Crippen molar-refractivity contribution in [3.05, 3.63) is 101 Å². The molecular formula is C30H25N3O4S. The van der Waals surface area contributed by atoms with E-state index in [1.807, 2.05) is 87.4 Å². The lowest BCUT2D eigenvalue weighted by molar-refractivity contribution is -0.117. The predicted molar refractivity (Wildman–Crippen MR) is 150 cm³/mol. The Balaban J connectivity index is 1.52. The Morgan fingerprint density at radius 3 is 2.50 bits per heavy atom. The molecule has 0 saturated heterocycles. The number of benzene rings is 3. The highest BCUT2D eigenvalue weighted by Crippen LogP contribution is 2.45. The smallest absolute Gasteiger partial charge is 0.296 e. The fourth-order valence-corrected chi connectivity index (χ4v) is 6.16. The number of aliphatic hydroxyl groups excluding tert-OH is 1. The molecular weight excluding hydrogens is 498 g/mol. The zero-order chi connectivity index (χ0) is 26.7. The standard InChI is InChI=1S/C30H25N3O4S/c1-16-13-17(2)25-23(14-16)38-30(31-25)33-26(18-9-11-20(12-10-18)32(3)4)24(28(35)29(33)36)27(34)22-15-19-7-5-6-8-21(19)37-22/h5-15,26,35H,1-4H3/t26-/m1/s1. The maximum absolute atomic E-state index is 13.9. The van der Waals surface area contributed by atoms with E-state index in [0.717, 1.165) is 32.4 Å². The molecule has 0 aliphatic carbocycles. The van der Waals surface area contributed by atoms with Crippen molar-refractivity contribution in [1.82, 2.24) is 4.98 Å². The molecule has 0 spiro atoms. The van der Waals surface area contributed by atoms with Crippen molar-refractivity contribution < 1.29 is 19.1 Å². The number of aromatic nitrogens is 1. The molecule has 3 aromatic carbocycles. The highest BCUT2D eigenvalue weighted by molar-refractivity contribution is 7.22. The number of hydrogen-bond donors (Lipinski definition) is 1. The number of amides is 1. The third-order valence-electron chi connectivity index (χ3n) is 6.85. The highest BCUT2D eigenvalue weighted by atomic mass is 32.1. The normalized spacial score (nSPS) is 15.7. The molecule has 0 unspecified atom stereocenters. The first-order valence-electron chi connectivity index (χ1n) is 12.2. The quantitative estimate of drug-likeness (QED) is 0.264. The number of carbonyl (C=O) groups is 2. The molecule has 8 heteroatoms. The van der Waals surface area contributed by atoms with Crippen molar-refractivity contribution in [2.24, 2.45) is 0 Å². The lowest BCUT2D eigenvalue weighted by atomic mass is 9.95. The van der Waals surface area contributed by atoms with Gasteiger partial charge in [0.05, 0.1) is 21.8 Å². The van der Waals surface area contributed by atoms with Gasteiger partial charge in [-0.2, -0.15) is 0 Å². The number of fused-ring (bicyclic) bond motifs is 2. The second-order valence-electron chi connectivity index (χ2n) is 9.73. The maximum atomic E-state index is 13.9. The van der Waals surface area contributed by atoms with Crippen molar-refractivity contribution in [2.75, 3.05) is 23.9 Å². The summed E-state index contributed by atoms with van der Waals surface area (Å²) in [4.78, 5) is 35.6. The maximum Gasteiger partial charge on any atom is 0.296 e. The van der Waals surface area contributed by atoms with Crippen molar-refractivity contribution in [3.63, 3.8) is 0 Å². The van der Waals surface area contributed by atoms with E-state index in [-0.39, 0.29) is 11.3 Å². The van der Waals surface area contributed by atoms with Crippen LogP contribution in [0.1, 0.15) is 33.3 Å².